The zero-order valence-electron chi connectivity index (χ0n) is 8.72. The van der Waals surface area contributed by atoms with Gasteiger partial charge in [-0.25, -0.2) is 4.98 Å². The van der Waals surface area contributed by atoms with Gasteiger partial charge in [0.2, 0.25) is 0 Å². The van der Waals surface area contributed by atoms with E-state index < -0.39 is 0 Å². The minimum Gasteiger partial charge on any atom is -0.345 e. The van der Waals surface area contributed by atoms with Crippen LogP contribution in [0.15, 0.2) is 6.20 Å². The molecule has 0 fully saturated rings. The van der Waals surface area contributed by atoms with Gasteiger partial charge in [-0.2, -0.15) is 0 Å². The van der Waals surface area contributed by atoms with Crippen LogP contribution in [0.4, 0.5) is 0 Å². The average molecular weight is 181 g/mol. The van der Waals surface area contributed by atoms with Crippen LogP contribution in [0.1, 0.15) is 38.7 Å². The number of H-pyrrole nitrogens is 1. The molecule has 0 amide bonds. The Kier molecular flexibility index (Phi) is 3.09. The summed E-state index contributed by atoms with van der Waals surface area (Å²) in [6, 6.07) is 0. The van der Waals surface area contributed by atoms with E-state index in [0.29, 0.717) is 6.54 Å². The highest BCUT2D eigenvalue weighted by Crippen LogP contribution is 2.18. The second kappa shape index (κ2) is 3.92. The predicted octanol–water partition coefficient (Wildman–Crippen LogP) is 1.60. The second-order valence-electron chi connectivity index (χ2n) is 4.10. The fourth-order valence-electron chi connectivity index (χ4n) is 1.20. The van der Waals surface area contributed by atoms with E-state index >= 15 is 0 Å². The Hall–Kier alpha value is -0.830. The van der Waals surface area contributed by atoms with Crippen LogP contribution < -0.4 is 5.73 Å². The van der Waals surface area contributed by atoms with Gasteiger partial charge in [-0.15, -0.1) is 0 Å². The number of nitrogens with zero attached hydrogens (tertiary/aromatic N) is 1. The number of imidazole rings is 1. The summed E-state index contributed by atoms with van der Waals surface area (Å²) in [5.74, 6) is 0.999. The minimum absolute atomic E-state index is 0.0357. The zero-order valence-corrected chi connectivity index (χ0v) is 8.72. The second-order valence-corrected chi connectivity index (χ2v) is 4.10. The molecule has 0 saturated heterocycles. The van der Waals surface area contributed by atoms with Gasteiger partial charge in [0.1, 0.15) is 5.82 Å². The van der Waals surface area contributed by atoms with Crippen LogP contribution in [0, 0.1) is 0 Å². The summed E-state index contributed by atoms with van der Waals surface area (Å²) in [6.07, 6.45) is 4.12. The molecule has 0 bridgehead atoms. The summed E-state index contributed by atoms with van der Waals surface area (Å²) in [4.78, 5) is 7.66. The van der Waals surface area contributed by atoms with Gasteiger partial charge in [-0.3, -0.25) is 0 Å². The van der Waals surface area contributed by atoms with Gasteiger partial charge >= 0.3 is 0 Å². The molecule has 3 heteroatoms. The lowest BCUT2D eigenvalue weighted by molar-refractivity contribution is 0.507. The fourth-order valence-corrected chi connectivity index (χ4v) is 1.20. The van der Waals surface area contributed by atoms with Gasteiger partial charge in [0.05, 0.1) is 0 Å². The molecule has 1 heterocycles. The largest absolute Gasteiger partial charge is 0.345 e. The van der Waals surface area contributed by atoms with E-state index in [0.717, 1.165) is 18.7 Å². The topological polar surface area (TPSA) is 54.7 Å². The molecule has 3 nitrogen and oxygen atoms in total. The van der Waals surface area contributed by atoms with Crippen molar-refractivity contribution in [3.8, 4) is 0 Å². The van der Waals surface area contributed by atoms with E-state index in [9.17, 15) is 0 Å². The Morgan fingerprint density at radius 2 is 2.23 bits per heavy atom. The Bertz CT molecular complexity index is 263. The lowest BCUT2D eigenvalue weighted by atomic mass is 9.93. The molecule has 0 aliphatic heterocycles. The van der Waals surface area contributed by atoms with Crippen molar-refractivity contribution in [2.24, 2.45) is 5.73 Å². The fraction of sp³-hybridized carbons (Fsp3) is 0.700. The lowest BCUT2D eigenvalue weighted by Gasteiger charge is -2.18. The van der Waals surface area contributed by atoms with Gasteiger partial charge in [0, 0.05) is 23.9 Å². The number of nitrogens with two attached hydrogens (primary N) is 1. The number of aryl methyl sites for hydroxylation is 1. The molecule has 0 radical (unpaired) electrons. The van der Waals surface area contributed by atoms with E-state index in [1.165, 1.54) is 5.69 Å². The quantitative estimate of drug-likeness (QED) is 0.741. The van der Waals surface area contributed by atoms with Crippen LogP contribution in [0.3, 0.4) is 0 Å². The standard InChI is InChI=1S/C10H19N3/c1-4-5-8-6-12-9(13-8)10(2,3)7-11/h6H,4-5,7,11H2,1-3H3,(H,12,13). The van der Waals surface area contributed by atoms with Crippen LogP contribution in [-0.2, 0) is 11.8 Å². The number of hydrogen-bond acceptors (Lipinski definition) is 2. The SMILES string of the molecule is CCCc1cnc(C(C)(C)CN)[nH]1. The Labute approximate surface area is 79.8 Å². The van der Waals surface area contributed by atoms with Crippen LogP contribution in [0.2, 0.25) is 0 Å². The van der Waals surface area contributed by atoms with Gasteiger partial charge in [0.15, 0.2) is 0 Å². The number of nitrogens with one attached hydrogen (secondary N) is 1. The van der Waals surface area contributed by atoms with E-state index in [4.69, 9.17) is 5.73 Å². The van der Waals surface area contributed by atoms with Crippen molar-refractivity contribution in [3.05, 3.63) is 17.7 Å². The smallest absolute Gasteiger partial charge is 0.113 e. The summed E-state index contributed by atoms with van der Waals surface area (Å²) in [7, 11) is 0. The number of hydrogen-bond donors (Lipinski definition) is 2. The summed E-state index contributed by atoms with van der Waals surface area (Å²) in [6.45, 7) is 6.98. The lowest BCUT2D eigenvalue weighted by Crippen LogP contribution is -2.29. The molecule has 0 unspecified atom stereocenters. The first-order chi connectivity index (χ1) is 6.10. The highest BCUT2D eigenvalue weighted by molar-refractivity contribution is 5.10. The molecule has 3 N–H and O–H groups in total. The van der Waals surface area contributed by atoms with Crippen LogP contribution in [0.25, 0.3) is 0 Å². The third-order valence-corrected chi connectivity index (χ3v) is 2.30. The highest BCUT2D eigenvalue weighted by Gasteiger charge is 2.21. The summed E-state index contributed by atoms with van der Waals surface area (Å²) in [5, 5.41) is 0. The maximum Gasteiger partial charge on any atom is 0.113 e. The van der Waals surface area contributed by atoms with Crippen molar-refractivity contribution >= 4 is 0 Å². The number of aromatic nitrogens is 2. The number of aromatic amines is 1. The van der Waals surface area contributed by atoms with Crippen LogP contribution >= 0.6 is 0 Å². The third-order valence-electron chi connectivity index (χ3n) is 2.30. The maximum atomic E-state index is 5.66. The molecular formula is C10H19N3. The Balaban J connectivity index is 2.79. The zero-order chi connectivity index (χ0) is 9.90. The van der Waals surface area contributed by atoms with E-state index in [-0.39, 0.29) is 5.41 Å². The molecule has 0 aliphatic carbocycles. The molecule has 13 heavy (non-hydrogen) atoms. The van der Waals surface area contributed by atoms with Gasteiger partial charge in [-0.05, 0) is 6.42 Å². The monoisotopic (exact) mass is 181 g/mol. The molecule has 0 aromatic carbocycles. The van der Waals surface area contributed by atoms with Crippen molar-refractivity contribution < 1.29 is 0 Å². The first-order valence-corrected chi connectivity index (χ1v) is 4.84. The minimum atomic E-state index is -0.0357. The van der Waals surface area contributed by atoms with Crippen molar-refractivity contribution in [1.29, 1.82) is 0 Å². The Morgan fingerprint density at radius 1 is 1.54 bits per heavy atom. The molecule has 0 aliphatic rings. The molecule has 1 rings (SSSR count). The summed E-state index contributed by atoms with van der Waals surface area (Å²) < 4.78 is 0. The van der Waals surface area contributed by atoms with Gasteiger partial charge in [-0.1, -0.05) is 27.2 Å². The molecule has 74 valence electrons. The van der Waals surface area contributed by atoms with E-state index in [2.05, 4.69) is 30.7 Å². The van der Waals surface area contributed by atoms with E-state index in [1.807, 2.05) is 6.20 Å². The van der Waals surface area contributed by atoms with Crippen LogP contribution in [0.5, 0.6) is 0 Å². The van der Waals surface area contributed by atoms with E-state index in [1.54, 1.807) is 0 Å². The van der Waals surface area contributed by atoms with Crippen molar-refractivity contribution in [1.82, 2.24) is 9.97 Å². The Morgan fingerprint density at radius 3 is 2.77 bits per heavy atom. The molecular weight excluding hydrogens is 162 g/mol. The maximum absolute atomic E-state index is 5.66. The molecule has 1 aromatic rings. The molecule has 0 saturated carbocycles. The predicted molar refractivity (Wildman–Crippen MR) is 54.7 cm³/mol. The highest BCUT2D eigenvalue weighted by atomic mass is 14.9. The first-order valence-electron chi connectivity index (χ1n) is 4.84. The molecule has 0 atom stereocenters. The average Bonchev–Trinajstić information content (AvgIpc) is 2.54. The molecule has 0 spiro atoms. The van der Waals surface area contributed by atoms with Crippen molar-refractivity contribution in [3.63, 3.8) is 0 Å². The normalized spacial score (nSPS) is 12.0. The molecule has 1 aromatic heterocycles. The number of rotatable bonds is 4. The van der Waals surface area contributed by atoms with Gasteiger partial charge in [0.25, 0.3) is 0 Å². The van der Waals surface area contributed by atoms with Crippen LogP contribution in [-0.4, -0.2) is 16.5 Å². The van der Waals surface area contributed by atoms with Crippen molar-refractivity contribution in [2.45, 2.75) is 39.0 Å². The summed E-state index contributed by atoms with van der Waals surface area (Å²) in [5.41, 5.74) is 6.83. The third kappa shape index (κ3) is 2.31. The summed E-state index contributed by atoms with van der Waals surface area (Å²) >= 11 is 0. The first kappa shape index (κ1) is 10.3. The van der Waals surface area contributed by atoms with Crippen molar-refractivity contribution in [2.75, 3.05) is 6.54 Å². The van der Waals surface area contributed by atoms with Gasteiger partial charge < -0.3 is 10.7 Å².